The Morgan fingerprint density at radius 3 is 1.13 bits per heavy atom. The van der Waals surface area contributed by atoms with Gasteiger partial charge in [-0.1, -0.05) is 314 Å². The highest BCUT2D eigenvalue weighted by Gasteiger charge is 2.51. The number of rotatable bonds is 63. The first kappa shape index (κ1) is 89.2. The molecule has 0 saturated carbocycles. The number of allylic oxidation sites excluding steroid dienone is 21. The van der Waals surface area contributed by atoms with Gasteiger partial charge in [-0.25, -0.2) is 0 Å². The van der Waals surface area contributed by atoms with Crippen LogP contribution in [0.1, 0.15) is 290 Å². The highest BCUT2D eigenvalue weighted by Crippen LogP contribution is 2.30. The minimum absolute atomic E-state index is 0.253. The predicted molar refractivity (Wildman–Crippen MR) is 401 cm³/mol. The number of unbranched alkanes of at least 4 members (excludes halogenated alkanes) is 30. The number of aliphatic hydroxyl groups excluding tert-OH is 8. The number of nitrogens with one attached hydrogen (secondary N) is 1. The van der Waals surface area contributed by atoms with Crippen LogP contribution in [0, 0.1) is 0 Å². The molecule has 2 heterocycles. The van der Waals surface area contributed by atoms with Crippen LogP contribution in [0.2, 0.25) is 0 Å². The number of hydrogen-bond donors (Lipinski definition) is 9. The Balaban J connectivity index is 1.62. The predicted octanol–water partition coefficient (Wildman–Crippen LogP) is 17.4. The molecule has 0 aromatic carbocycles. The van der Waals surface area contributed by atoms with Gasteiger partial charge in [0.15, 0.2) is 12.6 Å². The van der Waals surface area contributed by atoms with Gasteiger partial charge in [0.1, 0.15) is 48.8 Å². The third kappa shape index (κ3) is 48.6. The molecule has 0 aromatic heterocycles. The molecule has 0 aliphatic carbocycles. The molecule has 2 saturated heterocycles. The molecule has 14 nitrogen and oxygen atoms in total. The van der Waals surface area contributed by atoms with Gasteiger partial charge in [0.25, 0.3) is 0 Å². The van der Waals surface area contributed by atoms with Gasteiger partial charge in [0.05, 0.1) is 32.0 Å². The summed E-state index contributed by atoms with van der Waals surface area (Å²) in [6.45, 7) is 2.69. The molecule has 0 radical (unpaired) electrons. The van der Waals surface area contributed by atoms with Crippen molar-refractivity contribution in [3.63, 3.8) is 0 Å². The van der Waals surface area contributed by atoms with Gasteiger partial charge in [0, 0.05) is 6.42 Å². The lowest BCUT2D eigenvalue weighted by Crippen LogP contribution is -2.65. The Labute approximate surface area is 590 Å². The second-order valence-electron chi connectivity index (χ2n) is 26.7. The van der Waals surface area contributed by atoms with Crippen molar-refractivity contribution in [2.24, 2.45) is 0 Å². The highest BCUT2D eigenvalue weighted by atomic mass is 16.7. The SMILES string of the molecule is CC/C=C\C/C=C\C/C=C\C/C=C\C/C=C\C/C=C\C/C=C\C/C=C\C/C=C\CCCCCCCCCCCCCCCC(=O)NC(COC1OC(CO)C(OC2OC(CO)C(O)C(O)C2O)C(O)C1O)C(O)/C=C/CC/C=C/CCCCCCCCCCCCCCCCCC. The first-order chi connectivity index (χ1) is 47.6. The Bertz CT molecular complexity index is 2140. The van der Waals surface area contributed by atoms with Crippen LogP contribution in [-0.2, 0) is 23.7 Å². The van der Waals surface area contributed by atoms with Crippen LogP contribution in [0.4, 0.5) is 0 Å². The minimum Gasteiger partial charge on any atom is -0.394 e. The second-order valence-corrected chi connectivity index (χ2v) is 26.7. The Kier molecular flexibility index (Phi) is 60.2. The van der Waals surface area contributed by atoms with Gasteiger partial charge in [-0.2, -0.15) is 0 Å². The summed E-state index contributed by atoms with van der Waals surface area (Å²) < 4.78 is 22.9. The monoisotopic (exact) mass is 1360 g/mol. The third-order valence-electron chi connectivity index (χ3n) is 18.1. The summed E-state index contributed by atoms with van der Waals surface area (Å²) >= 11 is 0. The number of carbonyl (C=O) groups is 1. The van der Waals surface area contributed by atoms with Gasteiger partial charge in [0.2, 0.25) is 5.91 Å². The second kappa shape index (κ2) is 65.4. The quantitative estimate of drug-likeness (QED) is 0.0204. The first-order valence-corrected chi connectivity index (χ1v) is 38.9. The molecule has 0 spiro atoms. The topological polar surface area (TPSA) is 228 Å². The van der Waals surface area contributed by atoms with E-state index >= 15 is 0 Å². The molecule has 2 aliphatic heterocycles. The molecular weight excluding hydrogens is 1220 g/mol. The molecule has 12 unspecified atom stereocenters. The Morgan fingerprint density at radius 1 is 0.381 bits per heavy atom. The van der Waals surface area contributed by atoms with Crippen LogP contribution in [0.15, 0.2) is 134 Å². The van der Waals surface area contributed by atoms with Crippen LogP contribution < -0.4 is 5.32 Å². The van der Waals surface area contributed by atoms with Crippen molar-refractivity contribution >= 4 is 5.91 Å². The van der Waals surface area contributed by atoms with Gasteiger partial charge in [-0.3, -0.25) is 4.79 Å². The molecule has 1 amide bonds. The molecule has 2 fully saturated rings. The third-order valence-corrected chi connectivity index (χ3v) is 18.1. The molecule has 556 valence electrons. The maximum Gasteiger partial charge on any atom is 0.220 e. The van der Waals surface area contributed by atoms with Crippen LogP contribution in [0.3, 0.4) is 0 Å². The van der Waals surface area contributed by atoms with Crippen molar-refractivity contribution < 1.29 is 64.6 Å². The fourth-order valence-corrected chi connectivity index (χ4v) is 11.9. The van der Waals surface area contributed by atoms with Crippen LogP contribution in [0.25, 0.3) is 0 Å². The summed E-state index contributed by atoms with van der Waals surface area (Å²) in [4.78, 5) is 13.4. The summed E-state index contributed by atoms with van der Waals surface area (Å²) in [5.41, 5.74) is 0. The normalized spacial score (nSPS) is 22.9. The summed E-state index contributed by atoms with van der Waals surface area (Å²) in [5, 5.41) is 87.6. The van der Waals surface area contributed by atoms with E-state index in [4.69, 9.17) is 18.9 Å². The zero-order chi connectivity index (χ0) is 70.1. The van der Waals surface area contributed by atoms with E-state index in [1.54, 1.807) is 6.08 Å². The molecule has 14 heteroatoms. The van der Waals surface area contributed by atoms with E-state index < -0.39 is 86.8 Å². The van der Waals surface area contributed by atoms with Crippen molar-refractivity contribution in [2.45, 2.75) is 364 Å². The van der Waals surface area contributed by atoms with Gasteiger partial charge < -0.3 is 65.1 Å². The van der Waals surface area contributed by atoms with E-state index in [1.165, 1.54) is 161 Å². The number of ether oxygens (including phenoxy) is 4. The average Bonchev–Trinajstić information content (AvgIpc) is 0.794. The molecule has 2 rings (SSSR count). The van der Waals surface area contributed by atoms with E-state index in [1.807, 2.05) is 6.08 Å². The number of amides is 1. The van der Waals surface area contributed by atoms with E-state index in [2.05, 4.69) is 141 Å². The smallest absolute Gasteiger partial charge is 0.220 e. The van der Waals surface area contributed by atoms with E-state index in [0.29, 0.717) is 12.8 Å². The summed E-state index contributed by atoms with van der Waals surface area (Å²) in [6, 6.07) is -0.941. The zero-order valence-corrected chi connectivity index (χ0v) is 60.8. The number of hydrogen-bond acceptors (Lipinski definition) is 13. The summed E-state index contributed by atoms with van der Waals surface area (Å²) in [6.07, 6.45) is 80.9. The van der Waals surface area contributed by atoms with E-state index in [-0.39, 0.29) is 18.9 Å². The number of aliphatic hydroxyl groups is 8. The Morgan fingerprint density at radius 2 is 0.722 bits per heavy atom. The fraction of sp³-hybridized carbons (Fsp3) is 0.723. The zero-order valence-electron chi connectivity index (χ0n) is 60.8. The van der Waals surface area contributed by atoms with Gasteiger partial charge in [-0.05, 0) is 103 Å². The van der Waals surface area contributed by atoms with Crippen molar-refractivity contribution in [3.05, 3.63) is 134 Å². The van der Waals surface area contributed by atoms with Crippen LogP contribution in [-0.4, -0.2) is 140 Å². The van der Waals surface area contributed by atoms with E-state index in [0.717, 1.165) is 96.3 Å². The van der Waals surface area contributed by atoms with Crippen LogP contribution in [0.5, 0.6) is 0 Å². The Hall–Kier alpha value is -3.87. The molecule has 9 N–H and O–H groups in total. The van der Waals surface area contributed by atoms with Crippen molar-refractivity contribution in [1.82, 2.24) is 5.32 Å². The van der Waals surface area contributed by atoms with Gasteiger partial charge in [-0.15, -0.1) is 0 Å². The lowest BCUT2D eigenvalue weighted by atomic mass is 9.97. The van der Waals surface area contributed by atoms with E-state index in [9.17, 15) is 45.6 Å². The molecule has 2 aliphatic rings. The highest BCUT2D eigenvalue weighted by molar-refractivity contribution is 5.76. The molecular formula is C83H141NO13. The van der Waals surface area contributed by atoms with Crippen molar-refractivity contribution in [2.75, 3.05) is 19.8 Å². The number of carbonyl (C=O) groups excluding carboxylic acids is 1. The molecule has 0 aromatic rings. The maximum absolute atomic E-state index is 13.4. The minimum atomic E-state index is -1.80. The standard InChI is InChI=1S/C83H141NO13/c1-3-5-7-9-11-13-15-17-19-21-23-25-27-28-29-30-31-32-33-34-35-36-37-38-39-40-41-42-43-44-45-47-49-51-53-55-57-59-61-63-65-67-75(88)84-71(70-94-82-80(93)78(91)81(74(69-86)96-82)97-83-79(92)77(90)76(89)73(68-85)95-83)72(87)66-64-62-60-58-56-54-52-50-48-46-26-24-22-20-18-16-14-12-10-8-6-4-2/h5,7,11,13,17,19,23,25,28-29,31-32,34-35,37-38,40-41,56,58,64,66,71-74,76-83,85-87,89-93H,3-4,6,8-10,12,14-16,18,20-22,24,26-27,30,33,36,39,42-55,57,59-63,65,67-70H2,1-2H3,(H,84,88)/b7-5-,13-11-,19-17-,25-23-,29-28-,32-31-,35-34-,38-37-,41-40-,58-56+,66-64+. The summed E-state index contributed by atoms with van der Waals surface area (Å²) in [7, 11) is 0. The molecule has 0 bridgehead atoms. The van der Waals surface area contributed by atoms with Crippen molar-refractivity contribution in [1.29, 1.82) is 0 Å². The van der Waals surface area contributed by atoms with Gasteiger partial charge >= 0.3 is 0 Å². The molecule has 97 heavy (non-hydrogen) atoms. The fourth-order valence-electron chi connectivity index (χ4n) is 11.9. The summed E-state index contributed by atoms with van der Waals surface area (Å²) in [5.74, 6) is -0.253. The van der Waals surface area contributed by atoms with Crippen molar-refractivity contribution in [3.8, 4) is 0 Å². The first-order valence-electron chi connectivity index (χ1n) is 38.9. The van der Waals surface area contributed by atoms with Crippen LogP contribution >= 0.6 is 0 Å². The average molecular weight is 1360 g/mol. The molecule has 12 atom stereocenters. The lowest BCUT2D eigenvalue weighted by molar-refractivity contribution is -0.359. The lowest BCUT2D eigenvalue weighted by Gasteiger charge is -2.46. The largest absolute Gasteiger partial charge is 0.394 e. The maximum atomic E-state index is 13.4.